The average Bonchev–Trinajstić information content (AvgIpc) is 2.97. The third kappa shape index (κ3) is 4.07. The minimum absolute atomic E-state index is 0.0355. The first kappa shape index (κ1) is 11.5. The molecule has 2 unspecified atom stereocenters. The molecule has 0 saturated heterocycles. The Kier molecular flexibility index (Phi) is 4.35. The van der Waals surface area contributed by atoms with Crippen LogP contribution in [-0.2, 0) is 9.53 Å². The van der Waals surface area contributed by atoms with Gasteiger partial charge in [-0.3, -0.25) is 4.79 Å². The van der Waals surface area contributed by atoms with Crippen LogP contribution < -0.4 is 11.1 Å². The number of amides is 1. The molecule has 0 spiro atoms. The Hall–Kier alpha value is -0.610. The second-order valence-corrected chi connectivity index (χ2v) is 4.06. The SMILES string of the molecule is COC(C)CNC(=O)CC(N)C1CC1. The fourth-order valence-electron chi connectivity index (χ4n) is 1.32. The van der Waals surface area contributed by atoms with Gasteiger partial charge in [0, 0.05) is 26.1 Å². The Morgan fingerprint density at radius 1 is 1.64 bits per heavy atom. The van der Waals surface area contributed by atoms with Crippen molar-refractivity contribution in [3.8, 4) is 0 Å². The van der Waals surface area contributed by atoms with Crippen LogP contribution in [0.5, 0.6) is 0 Å². The molecule has 14 heavy (non-hydrogen) atoms. The number of carbonyl (C=O) groups is 1. The number of ether oxygens (including phenoxy) is 1. The van der Waals surface area contributed by atoms with Crippen molar-refractivity contribution in [1.29, 1.82) is 0 Å². The zero-order chi connectivity index (χ0) is 10.6. The summed E-state index contributed by atoms with van der Waals surface area (Å²) in [6.07, 6.45) is 2.88. The van der Waals surface area contributed by atoms with Gasteiger partial charge in [-0.05, 0) is 25.7 Å². The van der Waals surface area contributed by atoms with Gasteiger partial charge in [0.25, 0.3) is 0 Å². The number of hydrogen-bond donors (Lipinski definition) is 2. The van der Waals surface area contributed by atoms with Crippen molar-refractivity contribution in [1.82, 2.24) is 5.32 Å². The van der Waals surface area contributed by atoms with E-state index in [0.717, 1.165) is 0 Å². The Balaban J connectivity index is 2.08. The molecule has 0 radical (unpaired) electrons. The van der Waals surface area contributed by atoms with Crippen LogP contribution in [0.25, 0.3) is 0 Å². The predicted octanol–water partition coefficient (Wildman–Crippen LogP) is 0.265. The molecule has 1 saturated carbocycles. The molecule has 0 aromatic carbocycles. The van der Waals surface area contributed by atoms with Crippen LogP contribution in [0.15, 0.2) is 0 Å². The van der Waals surface area contributed by atoms with Gasteiger partial charge in [0.1, 0.15) is 0 Å². The number of carbonyl (C=O) groups excluding carboxylic acids is 1. The number of nitrogens with two attached hydrogens (primary N) is 1. The first-order valence-corrected chi connectivity index (χ1v) is 5.18. The van der Waals surface area contributed by atoms with Crippen molar-refractivity contribution in [3.05, 3.63) is 0 Å². The summed E-state index contributed by atoms with van der Waals surface area (Å²) < 4.78 is 5.02. The largest absolute Gasteiger partial charge is 0.380 e. The van der Waals surface area contributed by atoms with E-state index in [2.05, 4.69) is 5.32 Å². The Bertz CT molecular complexity index is 193. The van der Waals surface area contributed by atoms with Crippen molar-refractivity contribution in [2.24, 2.45) is 11.7 Å². The third-order valence-corrected chi connectivity index (χ3v) is 2.64. The van der Waals surface area contributed by atoms with Crippen molar-refractivity contribution < 1.29 is 9.53 Å². The maximum absolute atomic E-state index is 11.4. The summed E-state index contributed by atoms with van der Waals surface area (Å²) in [5.41, 5.74) is 5.83. The van der Waals surface area contributed by atoms with Gasteiger partial charge in [0.2, 0.25) is 5.91 Å². The molecule has 3 N–H and O–H groups in total. The van der Waals surface area contributed by atoms with Gasteiger partial charge in [0.05, 0.1) is 6.10 Å². The topological polar surface area (TPSA) is 64.3 Å². The highest BCUT2D eigenvalue weighted by molar-refractivity contribution is 5.76. The molecule has 1 amide bonds. The van der Waals surface area contributed by atoms with Crippen molar-refractivity contribution >= 4 is 5.91 Å². The van der Waals surface area contributed by atoms with Gasteiger partial charge in [0.15, 0.2) is 0 Å². The van der Waals surface area contributed by atoms with Crippen LogP contribution in [0.4, 0.5) is 0 Å². The minimum atomic E-state index is 0.0355. The quantitative estimate of drug-likeness (QED) is 0.646. The molecule has 0 heterocycles. The van der Waals surface area contributed by atoms with E-state index in [1.165, 1.54) is 12.8 Å². The molecule has 1 fully saturated rings. The van der Waals surface area contributed by atoms with Crippen molar-refractivity contribution in [2.75, 3.05) is 13.7 Å². The molecule has 4 heteroatoms. The number of nitrogens with one attached hydrogen (secondary N) is 1. The number of methoxy groups -OCH3 is 1. The van der Waals surface area contributed by atoms with Gasteiger partial charge in [-0.1, -0.05) is 0 Å². The molecule has 2 atom stereocenters. The predicted molar refractivity (Wildman–Crippen MR) is 54.8 cm³/mol. The Morgan fingerprint density at radius 2 is 2.29 bits per heavy atom. The summed E-state index contributed by atoms with van der Waals surface area (Å²) in [7, 11) is 1.63. The van der Waals surface area contributed by atoms with E-state index in [1.807, 2.05) is 6.92 Å². The lowest BCUT2D eigenvalue weighted by atomic mass is 10.1. The molecule has 0 aromatic heterocycles. The molecule has 1 rings (SSSR count). The van der Waals surface area contributed by atoms with Crippen LogP contribution >= 0.6 is 0 Å². The molecular formula is C10H20N2O2. The van der Waals surface area contributed by atoms with Crippen LogP contribution in [-0.4, -0.2) is 31.7 Å². The van der Waals surface area contributed by atoms with Gasteiger partial charge in [-0.25, -0.2) is 0 Å². The fraction of sp³-hybridized carbons (Fsp3) is 0.900. The zero-order valence-corrected chi connectivity index (χ0v) is 8.95. The second kappa shape index (κ2) is 5.32. The van der Waals surface area contributed by atoms with E-state index in [0.29, 0.717) is 18.9 Å². The fourth-order valence-corrected chi connectivity index (χ4v) is 1.32. The molecule has 0 aliphatic heterocycles. The molecular weight excluding hydrogens is 180 g/mol. The Morgan fingerprint density at radius 3 is 2.79 bits per heavy atom. The maximum Gasteiger partial charge on any atom is 0.221 e. The standard InChI is InChI=1S/C10H20N2O2/c1-7(14-2)6-12-10(13)5-9(11)8-3-4-8/h7-9H,3-6,11H2,1-2H3,(H,12,13). The highest BCUT2D eigenvalue weighted by Gasteiger charge is 2.29. The van der Waals surface area contributed by atoms with E-state index in [-0.39, 0.29) is 18.1 Å². The number of hydrogen-bond acceptors (Lipinski definition) is 3. The Labute approximate surface area is 85.2 Å². The lowest BCUT2D eigenvalue weighted by molar-refractivity contribution is -0.122. The maximum atomic E-state index is 11.4. The molecule has 4 nitrogen and oxygen atoms in total. The molecule has 0 aromatic rings. The summed E-state index contributed by atoms with van der Waals surface area (Å²) in [5.74, 6) is 0.619. The van der Waals surface area contributed by atoms with Crippen LogP contribution in [0.1, 0.15) is 26.2 Å². The summed E-state index contributed by atoms with van der Waals surface area (Å²) in [4.78, 5) is 11.4. The van der Waals surface area contributed by atoms with Crippen LogP contribution in [0, 0.1) is 5.92 Å². The van der Waals surface area contributed by atoms with Crippen LogP contribution in [0.3, 0.4) is 0 Å². The van der Waals surface area contributed by atoms with E-state index >= 15 is 0 Å². The molecule has 1 aliphatic rings. The molecule has 0 bridgehead atoms. The molecule has 1 aliphatic carbocycles. The average molecular weight is 200 g/mol. The van der Waals surface area contributed by atoms with Crippen LogP contribution in [0.2, 0.25) is 0 Å². The summed E-state index contributed by atoms with van der Waals surface area (Å²) in [5, 5.41) is 2.80. The summed E-state index contributed by atoms with van der Waals surface area (Å²) >= 11 is 0. The van der Waals surface area contributed by atoms with E-state index < -0.39 is 0 Å². The highest BCUT2D eigenvalue weighted by Crippen LogP contribution is 2.32. The minimum Gasteiger partial charge on any atom is -0.380 e. The summed E-state index contributed by atoms with van der Waals surface area (Å²) in [6.45, 7) is 2.48. The number of rotatable bonds is 6. The van der Waals surface area contributed by atoms with E-state index in [1.54, 1.807) is 7.11 Å². The van der Waals surface area contributed by atoms with Gasteiger partial charge in [-0.2, -0.15) is 0 Å². The van der Waals surface area contributed by atoms with Gasteiger partial charge in [-0.15, -0.1) is 0 Å². The van der Waals surface area contributed by atoms with E-state index in [4.69, 9.17) is 10.5 Å². The first-order chi connectivity index (χ1) is 6.63. The molecule has 82 valence electrons. The highest BCUT2D eigenvalue weighted by atomic mass is 16.5. The smallest absolute Gasteiger partial charge is 0.221 e. The van der Waals surface area contributed by atoms with Gasteiger partial charge < -0.3 is 15.8 Å². The monoisotopic (exact) mass is 200 g/mol. The van der Waals surface area contributed by atoms with E-state index in [9.17, 15) is 4.79 Å². The lowest BCUT2D eigenvalue weighted by Crippen LogP contribution is -2.36. The lowest BCUT2D eigenvalue weighted by Gasteiger charge is -2.13. The van der Waals surface area contributed by atoms with Crippen molar-refractivity contribution in [3.63, 3.8) is 0 Å². The normalized spacial score (nSPS) is 20.2. The second-order valence-electron chi connectivity index (χ2n) is 4.06. The summed E-state index contributed by atoms with van der Waals surface area (Å²) in [6, 6.07) is 0.0489. The zero-order valence-electron chi connectivity index (χ0n) is 8.95. The third-order valence-electron chi connectivity index (χ3n) is 2.64. The van der Waals surface area contributed by atoms with Crippen molar-refractivity contribution in [2.45, 2.75) is 38.3 Å². The first-order valence-electron chi connectivity index (χ1n) is 5.18. The van der Waals surface area contributed by atoms with Gasteiger partial charge >= 0.3 is 0 Å².